The van der Waals surface area contributed by atoms with Crippen LogP contribution in [0.25, 0.3) is 0 Å². The Balaban J connectivity index is 4.21. The maximum absolute atomic E-state index is 2.29. The van der Waals surface area contributed by atoms with Gasteiger partial charge in [-0.3, -0.25) is 0 Å². The molecule has 0 heteroatoms. The molecule has 1 radical (unpaired) electrons. The lowest BCUT2D eigenvalue weighted by Crippen LogP contribution is -2.05. The maximum Gasteiger partial charge on any atom is 0.00380 e. The summed E-state index contributed by atoms with van der Waals surface area (Å²) in [5.41, 5.74) is 0. The van der Waals surface area contributed by atoms with E-state index in [1.54, 1.807) is 0 Å². The zero-order valence-corrected chi connectivity index (χ0v) is 8.80. The minimum Gasteiger partial charge on any atom is -0.0914 e. The molecule has 0 rings (SSSR count). The molecule has 0 amide bonds. The van der Waals surface area contributed by atoms with Gasteiger partial charge in [0.1, 0.15) is 0 Å². The van der Waals surface area contributed by atoms with Crippen molar-refractivity contribution < 1.29 is 0 Å². The molecule has 0 N–H and O–H groups in total. The highest BCUT2D eigenvalue weighted by Crippen LogP contribution is 2.24. The van der Waals surface area contributed by atoms with Gasteiger partial charge in [-0.05, 0) is 32.6 Å². The quantitative estimate of drug-likeness (QED) is 0.537. The molecule has 0 aliphatic rings. The van der Waals surface area contributed by atoms with Gasteiger partial charge in [-0.2, -0.15) is 0 Å². The standard InChI is InChI=1S/C12H21/c1-5-9-11(7-3)12(8-4)10-6-2/h5-6,9-11H,7-8H2,1-4H3. The molecule has 1 atom stereocenters. The first-order valence-corrected chi connectivity index (χ1v) is 4.91. The van der Waals surface area contributed by atoms with Crippen LogP contribution in [0.15, 0.2) is 24.3 Å². The SMILES string of the molecule is CC=C[C](CC)C(C=CC)CC. The minimum atomic E-state index is 0.649. The van der Waals surface area contributed by atoms with Crippen LogP contribution < -0.4 is 0 Å². The van der Waals surface area contributed by atoms with Crippen molar-refractivity contribution >= 4 is 0 Å². The van der Waals surface area contributed by atoms with Crippen LogP contribution in [0.2, 0.25) is 0 Å². The Morgan fingerprint density at radius 2 is 1.83 bits per heavy atom. The van der Waals surface area contributed by atoms with E-state index in [-0.39, 0.29) is 0 Å². The van der Waals surface area contributed by atoms with Gasteiger partial charge in [0.05, 0.1) is 0 Å². The normalized spacial score (nSPS) is 15.1. The molecule has 0 saturated carbocycles. The van der Waals surface area contributed by atoms with E-state index < -0.39 is 0 Å². The highest BCUT2D eigenvalue weighted by Gasteiger charge is 2.11. The molecular weight excluding hydrogens is 144 g/mol. The van der Waals surface area contributed by atoms with Crippen molar-refractivity contribution in [3.63, 3.8) is 0 Å². The summed E-state index contributed by atoms with van der Waals surface area (Å²) in [5, 5.41) is 0. The molecule has 0 nitrogen and oxygen atoms in total. The zero-order chi connectivity index (χ0) is 9.40. The lowest BCUT2D eigenvalue weighted by atomic mass is 9.87. The molecule has 69 valence electrons. The van der Waals surface area contributed by atoms with E-state index in [9.17, 15) is 0 Å². The number of rotatable bonds is 5. The predicted molar refractivity (Wildman–Crippen MR) is 56.9 cm³/mol. The monoisotopic (exact) mass is 165 g/mol. The zero-order valence-electron chi connectivity index (χ0n) is 8.80. The third-order valence-corrected chi connectivity index (χ3v) is 2.13. The number of allylic oxidation sites excluding steroid dienone is 4. The molecule has 0 aliphatic heterocycles. The summed E-state index contributed by atoms with van der Waals surface area (Å²) in [5.74, 6) is 2.19. The highest BCUT2D eigenvalue weighted by atomic mass is 14.2. The van der Waals surface area contributed by atoms with E-state index in [0.29, 0.717) is 5.92 Å². The molecule has 0 aromatic rings. The van der Waals surface area contributed by atoms with Gasteiger partial charge in [0.2, 0.25) is 0 Å². The first-order valence-electron chi connectivity index (χ1n) is 4.91. The maximum atomic E-state index is 2.29. The van der Waals surface area contributed by atoms with Crippen LogP contribution in [0.5, 0.6) is 0 Å². The van der Waals surface area contributed by atoms with Crippen molar-refractivity contribution in [1.82, 2.24) is 0 Å². The summed E-state index contributed by atoms with van der Waals surface area (Å²) in [6, 6.07) is 0. The molecule has 12 heavy (non-hydrogen) atoms. The Morgan fingerprint density at radius 3 is 2.17 bits per heavy atom. The lowest BCUT2D eigenvalue weighted by Gasteiger charge is -2.17. The molecule has 0 fully saturated rings. The molecule has 1 unspecified atom stereocenters. The van der Waals surface area contributed by atoms with Crippen LogP contribution in [-0.4, -0.2) is 0 Å². The Labute approximate surface area is 77.4 Å². The van der Waals surface area contributed by atoms with Crippen LogP contribution in [-0.2, 0) is 0 Å². The first kappa shape index (κ1) is 11.5. The summed E-state index contributed by atoms with van der Waals surface area (Å²) in [6.45, 7) is 8.63. The second kappa shape index (κ2) is 7.15. The summed E-state index contributed by atoms with van der Waals surface area (Å²) in [7, 11) is 0. The average Bonchev–Trinajstić information content (AvgIpc) is 2.11. The highest BCUT2D eigenvalue weighted by molar-refractivity contribution is 5.16. The van der Waals surface area contributed by atoms with Crippen molar-refractivity contribution in [2.45, 2.75) is 40.5 Å². The van der Waals surface area contributed by atoms with Crippen molar-refractivity contribution in [2.75, 3.05) is 0 Å². The van der Waals surface area contributed by atoms with Crippen molar-refractivity contribution in [2.24, 2.45) is 5.92 Å². The fraction of sp³-hybridized carbons (Fsp3) is 0.583. The van der Waals surface area contributed by atoms with Gasteiger partial charge in [-0.15, -0.1) is 0 Å². The molecule has 0 saturated heterocycles. The smallest absolute Gasteiger partial charge is 0.00380 e. The molecule has 0 aliphatic carbocycles. The van der Waals surface area contributed by atoms with Gasteiger partial charge >= 0.3 is 0 Å². The second-order valence-electron chi connectivity index (χ2n) is 2.97. The van der Waals surface area contributed by atoms with E-state index in [4.69, 9.17) is 0 Å². The Kier molecular flexibility index (Phi) is 6.84. The number of hydrogen-bond acceptors (Lipinski definition) is 0. The van der Waals surface area contributed by atoms with Gasteiger partial charge in [0.25, 0.3) is 0 Å². The van der Waals surface area contributed by atoms with Crippen LogP contribution >= 0.6 is 0 Å². The van der Waals surface area contributed by atoms with Gasteiger partial charge in [0.15, 0.2) is 0 Å². The van der Waals surface area contributed by atoms with Crippen LogP contribution in [0.1, 0.15) is 40.5 Å². The molecule has 0 bridgehead atoms. The summed E-state index contributed by atoms with van der Waals surface area (Å²) < 4.78 is 0. The third-order valence-electron chi connectivity index (χ3n) is 2.13. The molecule has 0 spiro atoms. The minimum absolute atomic E-state index is 0.649. The van der Waals surface area contributed by atoms with Crippen LogP contribution in [0.3, 0.4) is 0 Å². The van der Waals surface area contributed by atoms with Crippen molar-refractivity contribution in [1.29, 1.82) is 0 Å². The van der Waals surface area contributed by atoms with E-state index in [1.807, 2.05) is 0 Å². The molecular formula is C12H21. The van der Waals surface area contributed by atoms with Crippen LogP contribution in [0.4, 0.5) is 0 Å². The van der Waals surface area contributed by atoms with E-state index in [1.165, 1.54) is 12.3 Å². The van der Waals surface area contributed by atoms with Crippen molar-refractivity contribution in [3.8, 4) is 0 Å². The van der Waals surface area contributed by atoms with E-state index in [0.717, 1.165) is 6.42 Å². The second-order valence-corrected chi connectivity index (χ2v) is 2.97. The van der Waals surface area contributed by atoms with Gasteiger partial charge in [-0.1, -0.05) is 38.2 Å². The molecule has 0 aromatic carbocycles. The Morgan fingerprint density at radius 1 is 1.17 bits per heavy atom. The van der Waals surface area contributed by atoms with E-state index >= 15 is 0 Å². The number of hydrogen-bond donors (Lipinski definition) is 0. The largest absolute Gasteiger partial charge is 0.0914 e. The fourth-order valence-electron chi connectivity index (χ4n) is 1.47. The van der Waals surface area contributed by atoms with Gasteiger partial charge < -0.3 is 0 Å². The summed E-state index contributed by atoms with van der Waals surface area (Å²) in [6.07, 6.45) is 11.2. The summed E-state index contributed by atoms with van der Waals surface area (Å²) >= 11 is 0. The first-order chi connectivity index (χ1) is 5.79. The molecule has 0 heterocycles. The van der Waals surface area contributed by atoms with Gasteiger partial charge in [-0.25, -0.2) is 0 Å². The van der Waals surface area contributed by atoms with E-state index in [2.05, 4.69) is 52.0 Å². The fourth-order valence-corrected chi connectivity index (χ4v) is 1.47. The topological polar surface area (TPSA) is 0 Å². The lowest BCUT2D eigenvalue weighted by molar-refractivity contribution is 0.635. The average molecular weight is 165 g/mol. The molecule has 0 aromatic heterocycles. The van der Waals surface area contributed by atoms with Gasteiger partial charge in [0, 0.05) is 5.92 Å². The van der Waals surface area contributed by atoms with Crippen molar-refractivity contribution in [3.05, 3.63) is 30.2 Å². The Hall–Kier alpha value is -0.520. The Bertz CT molecular complexity index is 124. The summed E-state index contributed by atoms with van der Waals surface area (Å²) in [4.78, 5) is 0. The van der Waals surface area contributed by atoms with Crippen LogP contribution in [0, 0.1) is 11.8 Å². The predicted octanol–water partition coefficient (Wildman–Crippen LogP) is 4.15. The third kappa shape index (κ3) is 3.75.